The molecule has 0 fully saturated rings. The van der Waals surface area contributed by atoms with Gasteiger partial charge >= 0.3 is 5.97 Å². The summed E-state index contributed by atoms with van der Waals surface area (Å²) in [6.45, 7) is 0. The third kappa shape index (κ3) is 2.10. The summed E-state index contributed by atoms with van der Waals surface area (Å²) in [5.74, 6) is -1.55. The van der Waals surface area contributed by atoms with Gasteiger partial charge in [-0.15, -0.1) is 0 Å². The molecule has 0 saturated carbocycles. The van der Waals surface area contributed by atoms with Gasteiger partial charge in [-0.05, 0) is 15.9 Å². The highest BCUT2D eigenvalue weighted by molar-refractivity contribution is 9.10. The van der Waals surface area contributed by atoms with Crippen LogP contribution in [0.4, 0.5) is 8.78 Å². The smallest absolute Gasteiger partial charge is 0.338 e. The Morgan fingerprint density at radius 1 is 1.67 bits per heavy atom. The standard InChI is InChI=1S/C8H3BrF2N2O2/c9-5-3(1-12)2-13-6(7(10)11)4(5)8(14)15/h2,7H,(H,14,15). The zero-order chi connectivity index (χ0) is 11.6. The summed E-state index contributed by atoms with van der Waals surface area (Å²) >= 11 is 2.78. The Hall–Kier alpha value is -1.55. The molecule has 1 rings (SSSR count). The van der Waals surface area contributed by atoms with E-state index in [1.54, 1.807) is 6.07 Å². The van der Waals surface area contributed by atoms with Crippen molar-refractivity contribution in [1.29, 1.82) is 5.26 Å². The first kappa shape index (κ1) is 11.5. The molecule has 1 N–H and O–H groups in total. The molecule has 0 aliphatic rings. The summed E-state index contributed by atoms with van der Waals surface area (Å²) in [5.41, 5.74) is -1.63. The van der Waals surface area contributed by atoms with E-state index in [4.69, 9.17) is 10.4 Å². The number of carboxylic acids is 1. The van der Waals surface area contributed by atoms with Gasteiger partial charge in [0.15, 0.2) is 0 Å². The van der Waals surface area contributed by atoms with Crippen molar-refractivity contribution in [2.24, 2.45) is 0 Å². The topological polar surface area (TPSA) is 74.0 Å². The van der Waals surface area contributed by atoms with E-state index in [0.29, 0.717) is 0 Å². The highest BCUT2D eigenvalue weighted by Gasteiger charge is 2.24. The normalized spacial score (nSPS) is 10.1. The van der Waals surface area contributed by atoms with Crippen molar-refractivity contribution in [3.8, 4) is 6.07 Å². The lowest BCUT2D eigenvalue weighted by molar-refractivity contribution is 0.0681. The summed E-state index contributed by atoms with van der Waals surface area (Å²) in [5, 5.41) is 17.3. The third-order valence-corrected chi connectivity index (χ3v) is 2.41. The van der Waals surface area contributed by atoms with E-state index in [0.717, 1.165) is 6.20 Å². The molecule has 1 aromatic rings. The second-order valence-electron chi connectivity index (χ2n) is 2.46. The molecule has 0 unspecified atom stereocenters. The first-order valence-corrected chi connectivity index (χ1v) is 4.38. The van der Waals surface area contributed by atoms with E-state index < -0.39 is 23.7 Å². The van der Waals surface area contributed by atoms with Crippen molar-refractivity contribution in [3.05, 3.63) is 27.5 Å². The van der Waals surface area contributed by atoms with Crippen LogP contribution < -0.4 is 0 Å². The number of pyridine rings is 1. The average molecular weight is 277 g/mol. The molecule has 4 nitrogen and oxygen atoms in total. The molecule has 1 heterocycles. The second-order valence-corrected chi connectivity index (χ2v) is 3.26. The van der Waals surface area contributed by atoms with Gasteiger partial charge in [0.2, 0.25) is 0 Å². The minimum atomic E-state index is -3.00. The molecule has 0 bridgehead atoms. The van der Waals surface area contributed by atoms with Crippen LogP contribution in [0.1, 0.15) is 28.0 Å². The van der Waals surface area contributed by atoms with E-state index in [-0.39, 0.29) is 10.0 Å². The van der Waals surface area contributed by atoms with Crippen molar-refractivity contribution in [1.82, 2.24) is 4.98 Å². The highest BCUT2D eigenvalue weighted by atomic mass is 79.9. The summed E-state index contributed by atoms with van der Waals surface area (Å²) in [6, 6.07) is 1.64. The number of nitriles is 1. The van der Waals surface area contributed by atoms with Crippen molar-refractivity contribution in [2.45, 2.75) is 6.43 Å². The van der Waals surface area contributed by atoms with Crippen molar-refractivity contribution in [3.63, 3.8) is 0 Å². The van der Waals surface area contributed by atoms with E-state index in [2.05, 4.69) is 20.9 Å². The largest absolute Gasteiger partial charge is 0.478 e. The van der Waals surface area contributed by atoms with Crippen molar-refractivity contribution in [2.75, 3.05) is 0 Å². The van der Waals surface area contributed by atoms with Gasteiger partial charge < -0.3 is 5.11 Å². The summed E-state index contributed by atoms with van der Waals surface area (Å²) < 4.78 is 24.6. The van der Waals surface area contributed by atoms with Crippen LogP contribution in [0.25, 0.3) is 0 Å². The maximum Gasteiger partial charge on any atom is 0.338 e. The average Bonchev–Trinajstić information content (AvgIpc) is 2.16. The Balaban J connectivity index is 3.53. The van der Waals surface area contributed by atoms with Gasteiger partial charge in [-0.1, -0.05) is 0 Å². The Morgan fingerprint density at radius 3 is 2.67 bits per heavy atom. The van der Waals surface area contributed by atoms with Crippen LogP contribution in [0.2, 0.25) is 0 Å². The summed E-state index contributed by atoms with van der Waals surface area (Å²) in [4.78, 5) is 14.0. The Morgan fingerprint density at radius 2 is 2.27 bits per heavy atom. The van der Waals surface area contributed by atoms with E-state index >= 15 is 0 Å². The van der Waals surface area contributed by atoms with Crippen molar-refractivity contribution < 1.29 is 18.7 Å². The number of aromatic nitrogens is 1. The van der Waals surface area contributed by atoms with Crippen LogP contribution in [-0.4, -0.2) is 16.1 Å². The highest BCUT2D eigenvalue weighted by Crippen LogP contribution is 2.28. The Bertz CT molecular complexity index is 457. The molecule has 78 valence electrons. The van der Waals surface area contributed by atoms with Crippen molar-refractivity contribution >= 4 is 21.9 Å². The van der Waals surface area contributed by atoms with Crippen LogP contribution in [-0.2, 0) is 0 Å². The van der Waals surface area contributed by atoms with Gasteiger partial charge in [0, 0.05) is 6.20 Å². The molecule has 0 aliphatic heterocycles. The van der Waals surface area contributed by atoms with Crippen LogP contribution in [0.3, 0.4) is 0 Å². The molecule has 0 aliphatic carbocycles. The van der Waals surface area contributed by atoms with Crippen LogP contribution in [0.15, 0.2) is 10.7 Å². The van der Waals surface area contributed by atoms with Gasteiger partial charge in [-0.2, -0.15) is 5.26 Å². The number of nitrogens with zero attached hydrogens (tertiary/aromatic N) is 2. The van der Waals surface area contributed by atoms with Crippen LogP contribution >= 0.6 is 15.9 Å². The van der Waals surface area contributed by atoms with Gasteiger partial charge in [0.05, 0.1) is 10.0 Å². The molecule has 0 radical (unpaired) electrons. The molecule has 7 heteroatoms. The maximum absolute atomic E-state index is 12.4. The fourth-order valence-corrected chi connectivity index (χ4v) is 1.51. The zero-order valence-corrected chi connectivity index (χ0v) is 8.62. The number of hydrogen-bond donors (Lipinski definition) is 1. The predicted molar refractivity (Wildman–Crippen MR) is 48.6 cm³/mol. The summed E-state index contributed by atoms with van der Waals surface area (Å²) in [6.07, 6.45) is -2.10. The fourth-order valence-electron chi connectivity index (χ4n) is 0.949. The molecular weight excluding hydrogens is 274 g/mol. The Labute approximate surface area is 91.3 Å². The van der Waals surface area contributed by atoms with Crippen LogP contribution in [0, 0.1) is 11.3 Å². The third-order valence-electron chi connectivity index (χ3n) is 1.59. The molecule has 0 spiro atoms. The first-order valence-electron chi connectivity index (χ1n) is 3.59. The number of carbonyl (C=O) groups is 1. The first-order chi connectivity index (χ1) is 6.99. The Kier molecular flexibility index (Phi) is 3.31. The number of rotatable bonds is 2. The SMILES string of the molecule is N#Cc1cnc(C(F)F)c(C(=O)O)c1Br. The molecular formula is C8H3BrF2N2O2. The number of carboxylic acid groups (broad SMARTS) is 1. The number of alkyl halides is 2. The predicted octanol–water partition coefficient (Wildman–Crippen LogP) is 2.35. The number of hydrogen-bond acceptors (Lipinski definition) is 3. The van der Waals surface area contributed by atoms with Gasteiger partial charge in [-0.25, -0.2) is 13.6 Å². The van der Waals surface area contributed by atoms with Gasteiger partial charge in [0.25, 0.3) is 6.43 Å². The molecule has 0 saturated heterocycles. The maximum atomic E-state index is 12.4. The van der Waals surface area contributed by atoms with Gasteiger partial charge in [0.1, 0.15) is 17.3 Å². The van der Waals surface area contributed by atoms with Crippen LogP contribution in [0.5, 0.6) is 0 Å². The monoisotopic (exact) mass is 276 g/mol. The second kappa shape index (κ2) is 4.31. The molecule has 0 atom stereocenters. The lowest BCUT2D eigenvalue weighted by Crippen LogP contribution is -2.08. The quantitative estimate of drug-likeness (QED) is 0.900. The minimum Gasteiger partial charge on any atom is -0.478 e. The number of halogens is 3. The fraction of sp³-hybridized carbons (Fsp3) is 0.125. The van der Waals surface area contributed by atoms with E-state index in [9.17, 15) is 13.6 Å². The molecule has 0 aromatic carbocycles. The summed E-state index contributed by atoms with van der Waals surface area (Å²) in [7, 11) is 0. The van der Waals surface area contributed by atoms with Gasteiger partial charge in [-0.3, -0.25) is 4.98 Å². The molecule has 1 aromatic heterocycles. The number of aromatic carboxylic acids is 1. The minimum absolute atomic E-state index is 0.100. The lowest BCUT2D eigenvalue weighted by Gasteiger charge is -2.06. The molecule has 15 heavy (non-hydrogen) atoms. The van der Waals surface area contributed by atoms with E-state index in [1.807, 2.05) is 0 Å². The van der Waals surface area contributed by atoms with E-state index in [1.165, 1.54) is 0 Å². The lowest BCUT2D eigenvalue weighted by atomic mass is 10.1. The zero-order valence-electron chi connectivity index (χ0n) is 7.04. The molecule has 0 amide bonds.